The highest BCUT2D eigenvalue weighted by Gasteiger charge is 2.23. The number of quaternary nitrogens is 2. The largest absolute Gasteiger partial charge is 0.322 e. The van der Waals surface area contributed by atoms with Gasteiger partial charge in [0.15, 0.2) is 0 Å². The molecule has 1 heterocycles. The van der Waals surface area contributed by atoms with Gasteiger partial charge < -0.3 is 9.80 Å². The zero-order chi connectivity index (χ0) is 14.5. The van der Waals surface area contributed by atoms with E-state index in [9.17, 15) is 0 Å². The Morgan fingerprint density at radius 2 is 1.29 bits per heavy atom. The maximum atomic E-state index is 2.28. The van der Waals surface area contributed by atoms with Gasteiger partial charge in [-0.25, -0.2) is 0 Å². The number of nitrogens with one attached hydrogen (secondary N) is 2. The van der Waals surface area contributed by atoms with E-state index >= 15 is 0 Å². The summed E-state index contributed by atoms with van der Waals surface area (Å²) in [5.41, 5.74) is 4.41. The molecular formula is C19H26N2+2. The second kappa shape index (κ2) is 6.88. The van der Waals surface area contributed by atoms with Crippen LogP contribution >= 0.6 is 0 Å². The van der Waals surface area contributed by atoms with Crippen LogP contribution in [0.15, 0.2) is 54.6 Å². The quantitative estimate of drug-likeness (QED) is 0.807. The topological polar surface area (TPSA) is 8.88 Å². The molecule has 0 radical (unpaired) electrons. The third-order valence-corrected chi connectivity index (χ3v) is 4.66. The van der Waals surface area contributed by atoms with Crippen LogP contribution in [-0.4, -0.2) is 26.2 Å². The molecule has 3 rings (SSSR count). The number of piperazine rings is 1. The molecule has 0 saturated carbocycles. The van der Waals surface area contributed by atoms with Crippen molar-refractivity contribution in [3.63, 3.8) is 0 Å². The Balaban J connectivity index is 1.50. The first-order valence-corrected chi connectivity index (χ1v) is 8.07. The highest BCUT2D eigenvalue weighted by atomic mass is 15.3. The highest BCUT2D eigenvalue weighted by molar-refractivity contribution is 5.24. The smallest absolute Gasteiger partial charge is 0.127 e. The van der Waals surface area contributed by atoms with E-state index in [1.165, 1.54) is 56.0 Å². The summed E-state index contributed by atoms with van der Waals surface area (Å²) < 4.78 is 0. The third kappa shape index (κ3) is 3.93. The molecule has 0 aromatic heterocycles. The molecule has 2 N–H and O–H groups in total. The van der Waals surface area contributed by atoms with E-state index in [0.29, 0.717) is 0 Å². The zero-order valence-electron chi connectivity index (χ0n) is 12.9. The van der Waals surface area contributed by atoms with Crippen LogP contribution in [0, 0.1) is 6.92 Å². The Morgan fingerprint density at radius 1 is 0.714 bits per heavy atom. The lowest BCUT2D eigenvalue weighted by Crippen LogP contribution is -3.27. The van der Waals surface area contributed by atoms with E-state index in [0.717, 1.165) is 0 Å². The summed E-state index contributed by atoms with van der Waals surface area (Å²) in [6.45, 7) is 9.74. The van der Waals surface area contributed by atoms with Crippen LogP contribution in [0.1, 0.15) is 16.7 Å². The Kier molecular flexibility index (Phi) is 4.69. The number of hydrogen-bond donors (Lipinski definition) is 2. The summed E-state index contributed by atoms with van der Waals surface area (Å²) in [7, 11) is 0. The van der Waals surface area contributed by atoms with Crippen molar-refractivity contribution in [1.82, 2.24) is 0 Å². The van der Waals surface area contributed by atoms with Crippen molar-refractivity contribution in [2.75, 3.05) is 26.2 Å². The molecule has 0 aliphatic carbocycles. The van der Waals surface area contributed by atoms with E-state index in [1.807, 2.05) is 0 Å². The first-order chi connectivity index (χ1) is 10.3. The predicted octanol–water partition coefficient (Wildman–Crippen LogP) is 0.479. The van der Waals surface area contributed by atoms with Gasteiger partial charge in [0.1, 0.15) is 39.3 Å². The van der Waals surface area contributed by atoms with Crippen LogP contribution in [0.5, 0.6) is 0 Å². The fourth-order valence-electron chi connectivity index (χ4n) is 3.27. The number of rotatable bonds is 4. The second-order valence-electron chi connectivity index (χ2n) is 6.27. The van der Waals surface area contributed by atoms with Crippen LogP contribution in [-0.2, 0) is 13.1 Å². The van der Waals surface area contributed by atoms with Gasteiger partial charge in [-0.3, -0.25) is 0 Å². The predicted molar refractivity (Wildman–Crippen MR) is 86.4 cm³/mol. The highest BCUT2D eigenvalue weighted by Crippen LogP contribution is 2.04. The van der Waals surface area contributed by atoms with Gasteiger partial charge >= 0.3 is 0 Å². The van der Waals surface area contributed by atoms with Crippen LogP contribution in [0.2, 0.25) is 0 Å². The monoisotopic (exact) mass is 282 g/mol. The van der Waals surface area contributed by atoms with Crippen molar-refractivity contribution in [3.8, 4) is 0 Å². The summed E-state index contributed by atoms with van der Waals surface area (Å²) in [6, 6.07) is 19.7. The van der Waals surface area contributed by atoms with Crippen molar-refractivity contribution in [3.05, 3.63) is 71.3 Å². The minimum Gasteiger partial charge on any atom is -0.322 e. The van der Waals surface area contributed by atoms with E-state index < -0.39 is 0 Å². The molecule has 21 heavy (non-hydrogen) atoms. The van der Waals surface area contributed by atoms with Crippen molar-refractivity contribution in [2.24, 2.45) is 0 Å². The van der Waals surface area contributed by atoms with Gasteiger partial charge in [0.05, 0.1) is 0 Å². The molecule has 1 aliphatic heterocycles. The SMILES string of the molecule is Cc1ccccc1C[NH+]1CC[NH+](Cc2ccccc2)CC1. The van der Waals surface area contributed by atoms with E-state index in [2.05, 4.69) is 61.5 Å². The summed E-state index contributed by atoms with van der Waals surface area (Å²) >= 11 is 0. The van der Waals surface area contributed by atoms with Crippen molar-refractivity contribution >= 4 is 0 Å². The third-order valence-electron chi connectivity index (χ3n) is 4.66. The normalized spacial score (nSPS) is 22.1. The van der Waals surface area contributed by atoms with Crippen molar-refractivity contribution in [1.29, 1.82) is 0 Å². The molecule has 2 aromatic carbocycles. The van der Waals surface area contributed by atoms with Gasteiger partial charge in [0.2, 0.25) is 0 Å². The van der Waals surface area contributed by atoms with Crippen LogP contribution in [0.4, 0.5) is 0 Å². The summed E-state index contributed by atoms with van der Waals surface area (Å²) in [6.07, 6.45) is 0. The molecule has 0 amide bonds. The van der Waals surface area contributed by atoms with E-state index in [-0.39, 0.29) is 0 Å². The average molecular weight is 282 g/mol. The zero-order valence-corrected chi connectivity index (χ0v) is 12.9. The van der Waals surface area contributed by atoms with Gasteiger partial charge in [-0.05, 0) is 12.5 Å². The Morgan fingerprint density at radius 3 is 1.95 bits per heavy atom. The Labute approximate surface area is 128 Å². The Hall–Kier alpha value is -1.64. The second-order valence-corrected chi connectivity index (χ2v) is 6.27. The Bertz CT molecular complexity index is 557. The molecule has 2 aromatic rings. The summed E-state index contributed by atoms with van der Waals surface area (Å²) in [5, 5.41) is 0. The first-order valence-electron chi connectivity index (χ1n) is 8.07. The minimum atomic E-state index is 1.18. The van der Waals surface area contributed by atoms with Gasteiger partial charge in [-0.2, -0.15) is 0 Å². The molecule has 0 atom stereocenters. The first kappa shape index (κ1) is 14.3. The molecule has 0 bridgehead atoms. The minimum absolute atomic E-state index is 1.18. The van der Waals surface area contributed by atoms with Crippen LogP contribution < -0.4 is 9.80 Å². The van der Waals surface area contributed by atoms with Crippen LogP contribution in [0.25, 0.3) is 0 Å². The van der Waals surface area contributed by atoms with Crippen LogP contribution in [0.3, 0.4) is 0 Å². The number of hydrogen-bond acceptors (Lipinski definition) is 0. The molecule has 1 aliphatic rings. The van der Waals surface area contributed by atoms with Crippen molar-refractivity contribution < 1.29 is 9.80 Å². The van der Waals surface area contributed by atoms with E-state index in [4.69, 9.17) is 0 Å². The molecule has 2 heteroatoms. The number of aryl methyl sites for hydroxylation is 1. The van der Waals surface area contributed by atoms with E-state index in [1.54, 1.807) is 9.80 Å². The molecule has 1 fully saturated rings. The molecule has 2 nitrogen and oxygen atoms in total. The lowest BCUT2D eigenvalue weighted by atomic mass is 10.1. The standard InChI is InChI=1S/C19H24N2/c1-17-7-5-6-10-19(17)16-21-13-11-20(12-14-21)15-18-8-3-2-4-9-18/h2-10H,11-16H2,1H3/p+2. The molecule has 0 unspecified atom stereocenters. The maximum Gasteiger partial charge on any atom is 0.127 e. The fraction of sp³-hybridized carbons (Fsp3) is 0.368. The molecule has 110 valence electrons. The summed E-state index contributed by atoms with van der Waals surface area (Å²) in [5.74, 6) is 0. The van der Waals surface area contributed by atoms with Gasteiger partial charge in [-0.15, -0.1) is 0 Å². The molecular weight excluding hydrogens is 256 g/mol. The lowest BCUT2D eigenvalue weighted by molar-refractivity contribution is -1.02. The molecule has 0 spiro atoms. The average Bonchev–Trinajstić information content (AvgIpc) is 2.52. The molecule has 1 saturated heterocycles. The fourth-order valence-corrected chi connectivity index (χ4v) is 3.27. The summed E-state index contributed by atoms with van der Waals surface area (Å²) in [4.78, 5) is 3.47. The maximum absolute atomic E-state index is 2.28. The van der Waals surface area contributed by atoms with Crippen molar-refractivity contribution in [2.45, 2.75) is 20.0 Å². The van der Waals surface area contributed by atoms with Gasteiger partial charge in [0.25, 0.3) is 0 Å². The number of benzene rings is 2. The lowest BCUT2D eigenvalue weighted by Gasteiger charge is -2.30. The van der Waals surface area contributed by atoms with Gasteiger partial charge in [0, 0.05) is 11.1 Å². The van der Waals surface area contributed by atoms with Gasteiger partial charge in [-0.1, -0.05) is 54.6 Å².